The fraction of sp³-hybridized carbons (Fsp3) is 0.143. The van der Waals surface area contributed by atoms with E-state index in [2.05, 4.69) is 26.6 Å². The number of amides is 2. The number of carboxylic acids is 1. The van der Waals surface area contributed by atoms with Crippen LogP contribution in [-0.4, -0.2) is 17.1 Å². The van der Waals surface area contributed by atoms with Crippen LogP contribution >= 0.6 is 27.3 Å². The number of nitrogens with one attached hydrogen (secondary N) is 2. The fourth-order valence-electron chi connectivity index (χ4n) is 1.77. The van der Waals surface area contributed by atoms with Crippen molar-refractivity contribution in [2.24, 2.45) is 0 Å². The van der Waals surface area contributed by atoms with Crippen molar-refractivity contribution in [2.45, 2.75) is 13.8 Å². The van der Waals surface area contributed by atoms with Crippen molar-refractivity contribution in [3.8, 4) is 0 Å². The predicted molar refractivity (Wildman–Crippen MR) is 87.5 cm³/mol. The lowest BCUT2D eigenvalue weighted by atomic mass is 10.1. The quantitative estimate of drug-likeness (QED) is 0.747. The first-order valence-corrected chi connectivity index (χ1v) is 7.66. The number of hydrogen-bond acceptors (Lipinski definition) is 3. The minimum Gasteiger partial charge on any atom is -0.478 e. The number of aromatic carboxylic acids is 1. The van der Waals surface area contributed by atoms with Gasteiger partial charge >= 0.3 is 12.0 Å². The maximum atomic E-state index is 11.9. The Bertz CT molecular complexity index is 695. The first kappa shape index (κ1) is 15.5. The molecular weight excluding hydrogens is 356 g/mol. The summed E-state index contributed by atoms with van der Waals surface area (Å²) in [5.41, 5.74) is 1.44. The number of carbonyl (C=O) groups is 2. The van der Waals surface area contributed by atoms with Gasteiger partial charge in [0.2, 0.25) is 0 Å². The number of anilines is 2. The van der Waals surface area contributed by atoms with Crippen LogP contribution in [0, 0.1) is 13.8 Å². The third kappa shape index (κ3) is 3.62. The Balaban J connectivity index is 2.15. The van der Waals surface area contributed by atoms with E-state index < -0.39 is 12.0 Å². The van der Waals surface area contributed by atoms with Crippen LogP contribution in [0.3, 0.4) is 0 Å². The molecule has 1 aromatic heterocycles. The molecule has 2 aromatic rings. The lowest BCUT2D eigenvalue weighted by Crippen LogP contribution is -2.20. The molecule has 21 heavy (non-hydrogen) atoms. The number of carbonyl (C=O) groups excluding carboxylic acids is 1. The number of thiophene rings is 1. The topological polar surface area (TPSA) is 78.4 Å². The van der Waals surface area contributed by atoms with Crippen LogP contribution in [0.2, 0.25) is 0 Å². The highest BCUT2D eigenvalue weighted by molar-refractivity contribution is 9.10. The molecule has 2 amide bonds. The van der Waals surface area contributed by atoms with Gasteiger partial charge in [-0.2, -0.15) is 0 Å². The van der Waals surface area contributed by atoms with E-state index in [1.165, 1.54) is 11.3 Å². The molecule has 0 aliphatic carbocycles. The molecular formula is C14H13BrN2O3S. The van der Waals surface area contributed by atoms with Crippen LogP contribution in [-0.2, 0) is 0 Å². The second-order valence-corrected chi connectivity index (χ2v) is 6.52. The maximum absolute atomic E-state index is 11.9. The molecule has 0 atom stereocenters. The van der Waals surface area contributed by atoms with Gasteiger partial charge < -0.3 is 10.4 Å². The molecule has 0 saturated heterocycles. The van der Waals surface area contributed by atoms with Gasteiger partial charge in [-0.1, -0.05) is 15.9 Å². The SMILES string of the molecule is Cc1sc(NC(=O)Nc2ccc(Br)cc2)c(C(=O)O)c1C. The Morgan fingerprint density at radius 3 is 2.33 bits per heavy atom. The third-order valence-corrected chi connectivity index (χ3v) is 4.58. The van der Waals surface area contributed by atoms with Crippen molar-refractivity contribution in [2.75, 3.05) is 10.6 Å². The molecule has 110 valence electrons. The average molecular weight is 369 g/mol. The van der Waals surface area contributed by atoms with E-state index in [9.17, 15) is 14.7 Å². The monoisotopic (exact) mass is 368 g/mol. The van der Waals surface area contributed by atoms with Crippen LogP contribution in [0.25, 0.3) is 0 Å². The van der Waals surface area contributed by atoms with E-state index in [1.54, 1.807) is 31.2 Å². The summed E-state index contributed by atoms with van der Waals surface area (Å²) in [6.45, 7) is 3.55. The van der Waals surface area contributed by atoms with Crippen LogP contribution in [0.5, 0.6) is 0 Å². The zero-order valence-corrected chi connectivity index (χ0v) is 13.8. The van der Waals surface area contributed by atoms with Crippen LogP contribution in [0.4, 0.5) is 15.5 Å². The van der Waals surface area contributed by atoms with Crippen molar-refractivity contribution in [1.82, 2.24) is 0 Å². The second-order valence-electron chi connectivity index (χ2n) is 4.38. The molecule has 0 fully saturated rings. The number of urea groups is 1. The predicted octanol–water partition coefficient (Wildman–Crippen LogP) is 4.47. The Morgan fingerprint density at radius 1 is 1.14 bits per heavy atom. The zero-order valence-electron chi connectivity index (χ0n) is 11.4. The summed E-state index contributed by atoms with van der Waals surface area (Å²) in [6.07, 6.45) is 0. The minimum atomic E-state index is -1.05. The number of carboxylic acid groups (broad SMARTS) is 1. The van der Waals surface area contributed by atoms with Crippen LogP contribution in [0.15, 0.2) is 28.7 Å². The van der Waals surface area contributed by atoms with E-state index in [1.807, 2.05) is 6.92 Å². The van der Waals surface area contributed by atoms with Gasteiger partial charge in [0.25, 0.3) is 0 Å². The highest BCUT2D eigenvalue weighted by atomic mass is 79.9. The molecule has 5 nitrogen and oxygen atoms in total. The van der Waals surface area contributed by atoms with Crippen LogP contribution < -0.4 is 10.6 Å². The number of benzene rings is 1. The summed E-state index contributed by atoms with van der Waals surface area (Å²) in [4.78, 5) is 24.1. The Labute approximate surface area is 134 Å². The van der Waals surface area contributed by atoms with Crippen molar-refractivity contribution >= 4 is 50.0 Å². The van der Waals surface area contributed by atoms with Gasteiger partial charge in [0.15, 0.2) is 0 Å². The average Bonchev–Trinajstić information content (AvgIpc) is 2.67. The molecule has 0 bridgehead atoms. The lowest BCUT2D eigenvalue weighted by Gasteiger charge is -2.07. The maximum Gasteiger partial charge on any atom is 0.338 e. The third-order valence-electron chi connectivity index (χ3n) is 2.93. The molecule has 0 aliphatic rings. The second kappa shape index (κ2) is 6.28. The number of rotatable bonds is 3. The molecule has 0 unspecified atom stereocenters. The number of aryl methyl sites for hydroxylation is 1. The summed E-state index contributed by atoms with van der Waals surface area (Å²) in [5.74, 6) is -1.05. The summed E-state index contributed by atoms with van der Waals surface area (Å²) < 4.78 is 0.908. The van der Waals surface area contributed by atoms with Gasteiger partial charge in [0.1, 0.15) is 5.00 Å². The highest BCUT2D eigenvalue weighted by Crippen LogP contribution is 2.32. The highest BCUT2D eigenvalue weighted by Gasteiger charge is 2.20. The summed E-state index contributed by atoms with van der Waals surface area (Å²) >= 11 is 4.56. The number of hydrogen-bond donors (Lipinski definition) is 3. The Kier molecular flexibility index (Phi) is 4.64. The van der Waals surface area contributed by atoms with Gasteiger partial charge in [0, 0.05) is 15.0 Å². The Hall–Kier alpha value is -1.86. The van der Waals surface area contributed by atoms with Crippen molar-refractivity contribution in [3.05, 3.63) is 44.7 Å². The summed E-state index contributed by atoms with van der Waals surface area (Å²) in [7, 11) is 0. The normalized spacial score (nSPS) is 10.2. The van der Waals surface area contributed by atoms with E-state index in [0.29, 0.717) is 16.3 Å². The molecule has 2 rings (SSSR count). The van der Waals surface area contributed by atoms with Gasteiger partial charge in [0.05, 0.1) is 5.56 Å². The van der Waals surface area contributed by atoms with Gasteiger partial charge in [-0.05, 0) is 43.7 Å². The van der Waals surface area contributed by atoms with Crippen LogP contribution in [0.1, 0.15) is 20.8 Å². The fourth-order valence-corrected chi connectivity index (χ4v) is 3.08. The molecule has 0 radical (unpaired) electrons. The molecule has 1 heterocycles. The largest absolute Gasteiger partial charge is 0.478 e. The lowest BCUT2D eigenvalue weighted by molar-refractivity contribution is 0.0697. The van der Waals surface area contributed by atoms with Crippen molar-refractivity contribution in [1.29, 1.82) is 0 Å². The zero-order chi connectivity index (χ0) is 15.6. The first-order chi connectivity index (χ1) is 9.88. The molecule has 3 N–H and O–H groups in total. The van der Waals surface area contributed by atoms with Crippen molar-refractivity contribution in [3.63, 3.8) is 0 Å². The van der Waals surface area contributed by atoms with Gasteiger partial charge in [-0.15, -0.1) is 11.3 Å². The van der Waals surface area contributed by atoms with Crippen molar-refractivity contribution < 1.29 is 14.7 Å². The standard InChI is InChI=1S/C14H13BrN2O3S/c1-7-8(2)21-12(11(7)13(18)19)17-14(20)16-10-5-3-9(15)4-6-10/h3-6H,1-2H3,(H,18,19)(H2,16,17,20). The summed E-state index contributed by atoms with van der Waals surface area (Å²) in [5, 5.41) is 14.8. The van der Waals surface area contributed by atoms with E-state index >= 15 is 0 Å². The Morgan fingerprint density at radius 2 is 1.76 bits per heavy atom. The molecule has 1 aromatic carbocycles. The van der Waals surface area contributed by atoms with Gasteiger partial charge in [-0.25, -0.2) is 9.59 Å². The summed E-state index contributed by atoms with van der Waals surface area (Å²) in [6, 6.07) is 6.62. The first-order valence-electron chi connectivity index (χ1n) is 6.05. The molecule has 7 heteroatoms. The molecule has 0 aliphatic heterocycles. The molecule has 0 spiro atoms. The smallest absolute Gasteiger partial charge is 0.338 e. The van der Waals surface area contributed by atoms with E-state index in [4.69, 9.17) is 0 Å². The number of halogens is 1. The molecule has 0 saturated carbocycles. The van der Waals surface area contributed by atoms with Gasteiger partial charge in [-0.3, -0.25) is 5.32 Å². The van der Waals surface area contributed by atoms with E-state index in [-0.39, 0.29) is 5.56 Å². The van der Waals surface area contributed by atoms with E-state index in [0.717, 1.165) is 9.35 Å². The minimum absolute atomic E-state index is 0.142.